The Morgan fingerprint density at radius 1 is 0.958 bits per heavy atom. The maximum atomic E-state index is 13.4. The molecule has 124 valence electrons. The van der Waals surface area contributed by atoms with Crippen LogP contribution < -0.4 is 5.32 Å². The summed E-state index contributed by atoms with van der Waals surface area (Å²) in [6.45, 7) is 3.43. The molecule has 2 aliphatic heterocycles. The van der Waals surface area contributed by atoms with Crippen molar-refractivity contribution in [3.63, 3.8) is 0 Å². The molecule has 0 radical (unpaired) electrons. The number of carbonyl (C=O) groups is 1. The second kappa shape index (κ2) is 6.40. The maximum Gasteiger partial charge on any atom is 0.229 e. The number of piperidine rings is 1. The van der Waals surface area contributed by atoms with Crippen molar-refractivity contribution in [2.45, 2.75) is 25.3 Å². The summed E-state index contributed by atoms with van der Waals surface area (Å²) in [5.41, 5.74) is 2.30. The van der Waals surface area contributed by atoms with Crippen molar-refractivity contribution < 1.29 is 4.79 Å². The van der Waals surface area contributed by atoms with E-state index < -0.39 is 0 Å². The van der Waals surface area contributed by atoms with E-state index in [9.17, 15) is 4.79 Å². The number of nitrogens with zero attached hydrogens (tertiary/aromatic N) is 1. The van der Waals surface area contributed by atoms with Crippen molar-refractivity contribution in [3.05, 3.63) is 71.8 Å². The molecule has 2 aromatic carbocycles. The molecule has 0 aromatic heterocycles. The first-order valence-electron chi connectivity index (χ1n) is 8.88. The molecular formula is C21H24N2O. The van der Waals surface area contributed by atoms with Crippen molar-refractivity contribution >= 4 is 5.91 Å². The highest BCUT2D eigenvalue weighted by molar-refractivity contribution is 5.87. The Bertz CT molecular complexity index is 692. The van der Waals surface area contributed by atoms with Gasteiger partial charge in [-0.25, -0.2) is 0 Å². The lowest BCUT2D eigenvalue weighted by Crippen LogP contribution is -2.44. The molecular weight excluding hydrogens is 296 g/mol. The van der Waals surface area contributed by atoms with Gasteiger partial charge < -0.3 is 10.2 Å². The number of amides is 1. The fourth-order valence-corrected chi connectivity index (χ4v) is 4.43. The summed E-state index contributed by atoms with van der Waals surface area (Å²) in [4.78, 5) is 15.5. The lowest BCUT2D eigenvalue weighted by atomic mass is 9.68. The predicted octanol–water partition coefficient (Wildman–Crippen LogP) is 3.18. The molecule has 24 heavy (non-hydrogen) atoms. The topological polar surface area (TPSA) is 32.3 Å². The molecule has 3 nitrogen and oxygen atoms in total. The Hall–Kier alpha value is -2.13. The molecule has 2 aliphatic rings. The summed E-state index contributed by atoms with van der Waals surface area (Å²) in [6.07, 6.45) is 1.88. The van der Waals surface area contributed by atoms with Gasteiger partial charge >= 0.3 is 0 Å². The van der Waals surface area contributed by atoms with E-state index in [1.165, 1.54) is 11.1 Å². The van der Waals surface area contributed by atoms with Crippen LogP contribution in [0.25, 0.3) is 0 Å². The van der Waals surface area contributed by atoms with Crippen LogP contribution in [0.1, 0.15) is 29.9 Å². The van der Waals surface area contributed by atoms with Gasteiger partial charge in [0.15, 0.2) is 0 Å². The van der Waals surface area contributed by atoms with Crippen LogP contribution in [0.15, 0.2) is 60.7 Å². The van der Waals surface area contributed by atoms with E-state index in [-0.39, 0.29) is 5.41 Å². The molecule has 2 aromatic rings. The number of hydrogen-bond acceptors (Lipinski definition) is 2. The van der Waals surface area contributed by atoms with Crippen LogP contribution in [-0.4, -0.2) is 30.4 Å². The maximum absolute atomic E-state index is 13.4. The molecule has 2 fully saturated rings. The second-order valence-corrected chi connectivity index (χ2v) is 7.04. The number of hydrogen-bond donors (Lipinski definition) is 1. The monoisotopic (exact) mass is 320 g/mol. The van der Waals surface area contributed by atoms with Crippen molar-refractivity contribution in [2.24, 2.45) is 5.41 Å². The number of carbonyl (C=O) groups excluding carboxylic acids is 1. The minimum Gasteiger partial charge on any atom is -0.337 e. The standard InChI is InChI=1S/C21H24N2O/c24-20-21(11-13-22-14-12-21)19(18-9-5-2-6-10-18)16-23(20)15-17-7-3-1-4-8-17/h1-10,19,22H,11-16H2. The van der Waals surface area contributed by atoms with Gasteiger partial charge in [-0.3, -0.25) is 4.79 Å². The van der Waals surface area contributed by atoms with Crippen molar-refractivity contribution in [3.8, 4) is 0 Å². The molecule has 1 N–H and O–H groups in total. The van der Waals surface area contributed by atoms with E-state index in [4.69, 9.17) is 0 Å². The molecule has 3 heteroatoms. The normalized spacial score (nSPS) is 22.9. The predicted molar refractivity (Wildman–Crippen MR) is 95.6 cm³/mol. The van der Waals surface area contributed by atoms with Crippen LogP contribution in [0, 0.1) is 5.41 Å². The highest BCUT2D eigenvalue weighted by atomic mass is 16.2. The first-order chi connectivity index (χ1) is 11.8. The van der Waals surface area contributed by atoms with Crippen LogP contribution in [0.4, 0.5) is 0 Å². The van der Waals surface area contributed by atoms with E-state index in [1.54, 1.807) is 0 Å². The van der Waals surface area contributed by atoms with Gasteiger partial charge in [0.1, 0.15) is 0 Å². The minimum atomic E-state index is -0.221. The fourth-order valence-electron chi connectivity index (χ4n) is 4.43. The van der Waals surface area contributed by atoms with Crippen molar-refractivity contribution in [1.82, 2.24) is 10.2 Å². The Kier molecular flexibility index (Phi) is 4.11. The lowest BCUT2D eigenvalue weighted by Gasteiger charge is -2.36. The van der Waals surface area contributed by atoms with Gasteiger partial charge in [0.2, 0.25) is 5.91 Å². The van der Waals surface area contributed by atoms with E-state index in [0.717, 1.165) is 39.0 Å². The summed E-state index contributed by atoms with van der Waals surface area (Å²) in [5.74, 6) is 0.652. The van der Waals surface area contributed by atoms with Gasteiger partial charge in [0, 0.05) is 19.0 Å². The minimum absolute atomic E-state index is 0.221. The summed E-state index contributed by atoms with van der Waals surface area (Å²) >= 11 is 0. The SMILES string of the molecule is O=C1N(Cc2ccccc2)CC(c2ccccc2)C12CCNCC2. The van der Waals surface area contributed by atoms with Crippen LogP contribution in [0.5, 0.6) is 0 Å². The third-order valence-electron chi connectivity index (χ3n) is 5.70. The Balaban J connectivity index is 1.66. The Labute approximate surface area is 143 Å². The summed E-state index contributed by atoms with van der Waals surface area (Å²) in [7, 11) is 0. The summed E-state index contributed by atoms with van der Waals surface area (Å²) < 4.78 is 0. The molecule has 2 heterocycles. The lowest BCUT2D eigenvalue weighted by molar-refractivity contribution is -0.138. The first-order valence-corrected chi connectivity index (χ1v) is 8.88. The van der Waals surface area contributed by atoms with Crippen LogP contribution in [-0.2, 0) is 11.3 Å². The molecule has 4 rings (SSSR count). The summed E-state index contributed by atoms with van der Waals surface area (Å²) in [5, 5.41) is 3.42. The zero-order valence-corrected chi connectivity index (χ0v) is 13.9. The highest BCUT2D eigenvalue weighted by Gasteiger charge is 2.54. The van der Waals surface area contributed by atoms with E-state index >= 15 is 0 Å². The molecule has 1 unspecified atom stereocenters. The molecule has 1 spiro atoms. The Morgan fingerprint density at radius 3 is 2.25 bits per heavy atom. The van der Waals surface area contributed by atoms with Crippen molar-refractivity contribution in [1.29, 1.82) is 0 Å². The van der Waals surface area contributed by atoms with Gasteiger partial charge in [-0.05, 0) is 37.1 Å². The second-order valence-electron chi connectivity index (χ2n) is 7.04. The smallest absolute Gasteiger partial charge is 0.229 e. The first kappa shape index (κ1) is 15.4. The molecule has 0 aliphatic carbocycles. The van der Waals surface area contributed by atoms with Gasteiger partial charge in [0.25, 0.3) is 0 Å². The number of rotatable bonds is 3. The van der Waals surface area contributed by atoms with Crippen LogP contribution in [0.3, 0.4) is 0 Å². The average Bonchev–Trinajstić information content (AvgIpc) is 2.90. The molecule has 1 atom stereocenters. The fraction of sp³-hybridized carbons (Fsp3) is 0.381. The van der Waals surface area contributed by atoms with E-state index in [0.29, 0.717) is 11.8 Å². The third kappa shape index (κ3) is 2.63. The number of nitrogens with one attached hydrogen (secondary N) is 1. The third-order valence-corrected chi connectivity index (χ3v) is 5.70. The van der Waals surface area contributed by atoms with Gasteiger partial charge in [-0.15, -0.1) is 0 Å². The Morgan fingerprint density at radius 2 is 1.58 bits per heavy atom. The van der Waals surface area contributed by atoms with Crippen LogP contribution in [0.2, 0.25) is 0 Å². The average molecular weight is 320 g/mol. The van der Waals surface area contributed by atoms with Gasteiger partial charge in [-0.1, -0.05) is 60.7 Å². The van der Waals surface area contributed by atoms with Crippen LogP contribution >= 0.6 is 0 Å². The van der Waals surface area contributed by atoms with Gasteiger partial charge in [0.05, 0.1) is 5.41 Å². The van der Waals surface area contributed by atoms with Crippen molar-refractivity contribution in [2.75, 3.05) is 19.6 Å². The number of benzene rings is 2. The van der Waals surface area contributed by atoms with E-state index in [1.807, 2.05) is 18.2 Å². The zero-order valence-electron chi connectivity index (χ0n) is 13.9. The molecule has 1 amide bonds. The van der Waals surface area contributed by atoms with E-state index in [2.05, 4.69) is 52.7 Å². The molecule has 2 saturated heterocycles. The zero-order chi connectivity index (χ0) is 16.4. The van der Waals surface area contributed by atoms with Gasteiger partial charge in [-0.2, -0.15) is 0 Å². The summed E-state index contributed by atoms with van der Waals surface area (Å²) in [6, 6.07) is 20.9. The number of likely N-dealkylation sites (tertiary alicyclic amines) is 1. The highest BCUT2D eigenvalue weighted by Crippen LogP contribution is 2.50. The molecule has 0 bridgehead atoms. The quantitative estimate of drug-likeness (QED) is 0.942. The molecule has 0 saturated carbocycles. The largest absolute Gasteiger partial charge is 0.337 e.